The standard InChI is InChI=1S/C27H34N4O3/c1-19-4-3-5-20(2)27(19)29-26(33)17-31-14-22-10-23(15-31)13-30(12-22)16-24(32)18-34-25-8-6-21(11-28)7-9-25/h3-9,22-24,32H,10,12-18H2,1-2H3,(H,29,33). The number of carbonyl (C=O) groups is 1. The molecular weight excluding hydrogens is 428 g/mol. The molecule has 0 aliphatic carbocycles. The van der Waals surface area contributed by atoms with Crippen LogP contribution in [0, 0.1) is 37.0 Å². The number of fused-ring (bicyclic) bond motifs is 2. The number of aliphatic hydroxyl groups is 1. The number of hydrogen-bond donors (Lipinski definition) is 2. The predicted octanol–water partition coefficient (Wildman–Crippen LogP) is 2.81. The molecule has 2 aliphatic rings. The summed E-state index contributed by atoms with van der Waals surface area (Å²) in [6.45, 7) is 8.94. The zero-order chi connectivity index (χ0) is 24.1. The SMILES string of the molecule is Cc1cccc(C)c1NC(=O)CN1CC2CC(C1)CN(CC(O)COc1ccc(C#N)cc1)C2. The van der Waals surface area contributed by atoms with Gasteiger partial charge in [0.2, 0.25) is 5.91 Å². The number of piperidine rings is 2. The largest absolute Gasteiger partial charge is 0.491 e. The maximum atomic E-state index is 12.7. The number of benzene rings is 2. The molecule has 3 unspecified atom stereocenters. The number of β-amino-alcohol motifs (C(OH)–C–C–N with tert-alkyl or cyclic N) is 1. The van der Waals surface area contributed by atoms with Gasteiger partial charge in [0.15, 0.2) is 0 Å². The van der Waals surface area contributed by atoms with E-state index in [4.69, 9.17) is 10.00 Å². The molecule has 2 fully saturated rings. The van der Waals surface area contributed by atoms with Crippen molar-refractivity contribution in [3.63, 3.8) is 0 Å². The van der Waals surface area contributed by atoms with Gasteiger partial charge in [-0.1, -0.05) is 18.2 Å². The van der Waals surface area contributed by atoms with Gasteiger partial charge in [-0.3, -0.25) is 14.6 Å². The minimum Gasteiger partial charge on any atom is -0.491 e. The quantitative estimate of drug-likeness (QED) is 0.627. The number of rotatable bonds is 8. The van der Waals surface area contributed by atoms with E-state index in [9.17, 15) is 9.90 Å². The number of nitrogens with one attached hydrogen (secondary N) is 1. The molecule has 2 bridgehead atoms. The molecule has 2 saturated heterocycles. The lowest BCUT2D eigenvalue weighted by atomic mass is 9.84. The van der Waals surface area contributed by atoms with E-state index in [1.165, 1.54) is 6.42 Å². The first-order chi connectivity index (χ1) is 16.4. The lowest BCUT2D eigenvalue weighted by Crippen LogP contribution is -2.55. The second-order valence-electron chi connectivity index (χ2n) is 9.80. The third kappa shape index (κ3) is 6.35. The highest BCUT2D eigenvalue weighted by Crippen LogP contribution is 2.29. The molecular formula is C27H34N4O3. The molecule has 34 heavy (non-hydrogen) atoms. The third-order valence-corrected chi connectivity index (χ3v) is 6.74. The van der Waals surface area contributed by atoms with Gasteiger partial charge in [0.25, 0.3) is 0 Å². The minimum atomic E-state index is -0.575. The van der Waals surface area contributed by atoms with Crippen LogP contribution in [-0.2, 0) is 4.79 Å². The third-order valence-electron chi connectivity index (χ3n) is 6.74. The first-order valence-corrected chi connectivity index (χ1v) is 12.0. The monoisotopic (exact) mass is 462 g/mol. The zero-order valence-corrected chi connectivity index (χ0v) is 20.0. The van der Waals surface area contributed by atoms with Gasteiger partial charge in [-0.2, -0.15) is 5.26 Å². The average Bonchev–Trinajstić information content (AvgIpc) is 2.80. The molecule has 2 heterocycles. The van der Waals surface area contributed by atoms with Crippen LogP contribution in [0.2, 0.25) is 0 Å². The van der Waals surface area contributed by atoms with Gasteiger partial charge in [0, 0.05) is 38.4 Å². The second-order valence-corrected chi connectivity index (χ2v) is 9.80. The zero-order valence-electron chi connectivity index (χ0n) is 20.0. The van der Waals surface area contributed by atoms with Crippen molar-refractivity contribution in [1.29, 1.82) is 5.26 Å². The van der Waals surface area contributed by atoms with Gasteiger partial charge in [-0.05, 0) is 67.5 Å². The van der Waals surface area contributed by atoms with Gasteiger partial charge in [-0.15, -0.1) is 0 Å². The van der Waals surface area contributed by atoms with E-state index >= 15 is 0 Å². The van der Waals surface area contributed by atoms with Crippen LogP contribution in [0.1, 0.15) is 23.1 Å². The molecule has 180 valence electrons. The van der Waals surface area contributed by atoms with Crippen LogP contribution < -0.4 is 10.1 Å². The van der Waals surface area contributed by atoms with E-state index in [1.807, 2.05) is 32.0 Å². The van der Waals surface area contributed by atoms with Crippen molar-refractivity contribution in [3.8, 4) is 11.8 Å². The summed E-state index contributed by atoms with van der Waals surface area (Å²) < 4.78 is 5.69. The van der Waals surface area contributed by atoms with Crippen LogP contribution in [0.25, 0.3) is 0 Å². The number of anilines is 1. The Morgan fingerprint density at radius 2 is 1.71 bits per heavy atom. The summed E-state index contributed by atoms with van der Waals surface area (Å²) in [4.78, 5) is 17.3. The number of amides is 1. The molecule has 0 saturated carbocycles. The Kier molecular flexibility index (Phi) is 7.84. The first kappa shape index (κ1) is 24.2. The number of nitrogens with zero attached hydrogens (tertiary/aromatic N) is 3. The van der Waals surface area contributed by atoms with E-state index in [0.29, 0.717) is 36.2 Å². The fraction of sp³-hybridized carbons (Fsp3) is 0.481. The Balaban J connectivity index is 1.22. The maximum Gasteiger partial charge on any atom is 0.238 e. The number of carbonyl (C=O) groups excluding carboxylic acids is 1. The van der Waals surface area contributed by atoms with E-state index in [0.717, 1.165) is 43.0 Å². The minimum absolute atomic E-state index is 0.0459. The molecule has 2 N–H and O–H groups in total. The second kappa shape index (κ2) is 11.0. The number of ether oxygens (including phenoxy) is 1. The molecule has 7 heteroatoms. The lowest BCUT2D eigenvalue weighted by Gasteiger charge is -2.46. The Bertz CT molecular complexity index is 999. The van der Waals surface area contributed by atoms with Crippen molar-refractivity contribution in [2.24, 2.45) is 11.8 Å². The molecule has 2 aromatic rings. The van der Waals surface area contributed by atoms with Crippen molar-refractivity contribution < 1.29 is 14.6 Å². The van der Waals surface area contributed by atoms with Gasteiger partial charge in [-0.25, -0.2) is 0 Å². The van der Waals surface area contributed by atoms with Crippen molar-refractivity contribution in [2.75, 3.05) is 51.2 Å². The van der Waals surface area contributed by atoms with Crippen LogP contribution in [0.4, 0.5) is 5.69 Å². The Morgan fingerprint density at radius 3 is 2.32 bits per heavy atom. The van der Waals surface area contributed by atoms with Crippen molar-refractivity contribution in [1.82, 2.24) is 9.80 Å². The van der Waals surface area contributed by atoms with Gasteiger partial charge >= 0.3 is 0 Å². The number of aliphatic hydroxyl groups excluding tert-OH is 1. The molecule has 2 aromatic carbocycles. The van der Waals surface area contributed by atoms with Crippen LogP contribution in [0.5, 0.6) is 5.75 Å². The van der Waals surface area contributed by atoms with Crippen molar-refractivity contribution in [2.45, 2.75) is 26.4 Å². The molecule has 7 nitrogen and oxygen atoms in total. The Hall–Kier alpha value is -2.92. The van der Waals surface area contributed by atoms with E-state index in [1.54, 1.807) is 24.3 Å². The number of para-hydroxylation sites is 1. The number of hydrogen-bond acceptors (Lipinski definition) is 6. The first-order valence-electron chi connectivity index (χ1n) is 12.0. The number of aryl methyl sites for hydroxylation is 2. The summed E-state index contributed by atoms with van der Waals surface area (Å²) in [6, 6.07) is 15.1. The van der Waals surface area contributed by atoms with Gasteiger partial charge < -0.3 is 15.2 Å². The summed E-state index contributed by atoms with van der Waals surface area (Å²) in [6.07, 6.45) is 0.609. The highest BCUT2D eigenvalue weighted by Gasteiger charge is 2.35. The molecule has 0 radical (unpaired) electrons. The van der Waals surface area contributed by atoms with Gasteiger partial charge in [0.1, 0.15) is 18.5 Å². The summed E-state index contributed by atoms with van der Waals surface area (Å²) in [5, 5.41) is 22.5. The lowest BCUT2D eigenvalue weighted by molar-refractivity contribution is -0.118. The van der Waals surface area contributed by atoms with E-state index < -0.39 is 6.10 Å². The smallest absolute Gasteiger partial charge is 0.238 e. The van der Waals surface area contributed by atoms with Crippen molar-refractivity contribution >= 4 is 11.6 Å². The fourth-order valence-corrected chi connectivity index (χ4v) is 5.34. The predicted molar refractivity (Wildman–Crippen MR) is 132 cm³/mol. The molecule has 1 amide bonds. The Labute approximate surface area is 201 Å². The summed E-state index contributed by atoms with van der Waals surface area (Å²) >= 11 is 0. The van der Waals surface area contributed by atoms with Crippen LogP contribution in [0.3, 0.4) is 0 Å². The molecule has 0 aromatic heterocycles. The highest BCUT2D eigenvalue weighted by molar-refractivity contribution is 5.93. The van der Waals surface area contributed by atoms with E-state index in [-0.39, 0.29) is 12.5 Å². The van der Waals surface area contributed by atoms with Crippen LogP contribution >= 0.6 is 0 Å². The maximum absolute atomic E-state index is 12.7. The molecule has 4 rings (SSSR count). The van der Waals surface area contributed by atoms with E-state index in [2.05, 4.69) is 21.2 Å². The highest BCUT2D eigenvalue weighted by atomic mass is 16.5. The number of likely N-dealkylation sites (tertiary alicyclic amines) is 2. The molecule has 3 atom stereocenters. The van der Waals surface area contributed by atoms with Crippen LogP contribution in [-0.4, -0.2) is 72.8 Å². The summed E-state index contributed by atoms with van der Waals surface area (Å²) in [5.74, 6) is 1.72. The topological polar surface area (TPSA) is 88.8 Å². The summed E-state index contributed by atoms with van der Waals surface area (Å²) in [7, 11) is 0. The molecule has 2 aliphatic heterocycles. The number of nitriles is 1. The molecule has 0 spiro atoms. The van der Waals surface area contributed by atoms with Crippen molar-refractivity contribution in [3.05, 3.63) is 59.2 Å². The summed E-state index contributed by atoms with van der Waals surface area (Å²) in [5.41, 5.74) is 3.68. The van der Waals surface area contributed by atoms with Gasteiger partial charge in [0.05, 0.1) is 18.2 Å². The fourth-order valence-electron chi connectivity index (χ4n) is 5.34. The average molecular weight is 463 g/mol. The van der Waals surface area contributed by atoms with Crippen LogP contribution in [0.15, 0.2) is 42.5 Å². The Morgan fingerprint density at radius 1 is 1.09 bits per heavy atom. The normalized spacial score (nSPS) is 21.5.